The highest BCUT2D eigenvalue weighted by atomic mass is 35.5. The molecule has 3 nitrogen and oxygen atoms in total. The smallest absolute Gasteiger partial charge is 0.235 e. The lowest BCUT2D eigenvalue weighted by molar-refractivity contribution is -0.119. The molecule has 0 saturated heterocycles. The van der Waals surface area contributed by atoms with Crippen LogP contribution in [0.15, 0.2) is 78.9 Å². The number of phenolic OH excluding ortho intramolecular Hbond substituents is 1. The van der Waals surface area contributed by atoms with Gasteiger partial charge in [0.2, 0.25) is 5.91 Å². The van der Waals surface area contributed by atoms with E-state index in [0.717, 1.165) is 27.1 Å². The Morgan fingerprint density at radius 1 is 0.889 bits per heavy atom. The molecule has 2 N–H and O–H groups in total. The Morgan fingerprint density at radius 3 is 2.33 bits per heavy atom. The Labute approximate surface area is 162 Å². The van der Waals surface area contributed by atoms with Gasteiger partial charge in [-0.1, -0.05) is 66.7 Å². The van der Waals surface area contributed by atoms with Gasteiger partial charge in [0.1, 0.15) is 11.6 Å². The first-order chi connectivity index (χ1) is 13.2. The van der Waals surface area contributed by atoms with E-state index in [1.54, 1.807) is 6.07 Å². The number of hydrogen-bond acceptors (Lipinski definition) is 2. The number of halogens is 1. The van der Waals surface area contributed by atoms with Crippen LogP contribution in [-0.4, -0.2) is 16.9 Å². The summed E-state index contributed by atoms with van der Waals surface area (Å²) >= 11 is 5.75. The minimum absolute atomic E-state index is 0.140. The first-order valence-electron chi connectivity index (χ1n) is 8.72. The molecule has 1 amide bonds. The number of nitrogens with one attached hydrogen (secondary N) is 1. The lowest BCUT2D eigenvalue weighted by Gasteiger charge is -2.22. The average molecular weight is 376 g/mol. The van der Waals surface area contributed by atoms with Gasteiger partial charge in [0.25, 0.3) is 0 Å². The molecule has 4 rings (SSSR count). The van der Waals surface area contributed by atoms with Crippen LogP contribution in [0.1, 0.15) is 17.2 Å². The summed E-state index contributed by atoms with van der Waals surface area (Å²) in [5.41, 5.74) is 1.56. The maximum atomic E-state index is 12.2. The fraction of sp³-hybridized carbons (Fsp3) is 0.0870. The second kappa shape index (κ2) is 7.29. The number of hydrogen-bond donors (Lipinski definition) is 2. The zero-order valence-corrected chi connectivity index (χ0v) is 15.3. The fourth-order valence-corrected chi connectivity index (χ4v) is 3.57. The van der Waals surface area contributed by atoms with E-state index in [9.17, 15) is 9.90 Å². The summed E-state index contributed by atoms with van der Waals surface area (Å²) in [6, 6.07) is 24.9. The van der Waals surface area contributed by atoms with Crippen LogP contribution in [0.25, 0.3) is 21.5 Å². The van der Waals surface area contributed by atoms with Crippen molar-refractivity contribution < 1.29 is 9.90 Å². The number of fused-ring (bicyclic) bond motifs is 2. The number of aromatic hydroxyl groups is 1. The Balaban J connectivity index is 1.94. The van der Waals surface area contributed by atoms with Crippen LogP contribution in [0, 0.1) is 0 Å². The van der Waals surface area contributed by atoms with Gasteiger partial charge < -0.3 is 10.4 Å². The molecule has 0 heterocycles. The van der Waals surface area contributed by atoms with Crippen LogP contribution in [0.4, 0.5) is 0 Å². The van der Waals surface area contributed by atoms with Gasteiger partial charge in [-0.25, -0.2) is 0 Å². The minimum Gasteiger partial charge on any atom is -0.508 e. The minimum atomic E-state index is -0.507. The monoisotopic (exact) mass is 375 g/mol. The quantitative estimate of drug-likeness (QED) is 0.485. The number of carbonyl (C=O) groups is 1. The number of carbonyl (C=O) groups excluding carboxylic acids is 1. The number of benzene rings is 4. The highest BCUT2D eigenvalue weighted by Gasteiger charge is 2.22. The molecule has 0 bridgehead atoms. The van der Waals surface area contributed by atoms with Crippen LogP contribution in [0.3, 0.4) is 0 Å². The molecule has 0 aliphatic heterocycles. The third kappa shape index (κ3) is 3.34. The van der Waals surface area contributed by atoms with Gasteiger partial charge in [-0.05, 0) is 39.2 Å². The van der Waals surface area contributed by atoms with Gasteiger partial charge in [-0.2, -0.15) is 0 Å². The van der Waals surface area contributed by atoms with Crippen molar-refractivity contribution in [3.05, 3.63) is 90.0 Å². The van der Waals surface area contributed by atoms with E-state index < -0.39 is 6.04 Å². The Bertz CT molecular complexity index is 1140. The van der Waals surface area contributed by atoms with E-state index in [2.05, 4.69) is 5.32 Å². The molecular formula is C23H18ClNO2. The van der Waals surface area contributed by atoms with Crippen molar-refractivity contribution in [3.63, 3.8) is 0 Å². The van der Waals surface area contributed by atoms with E-state index in [0.29, 0.717) is 5.56 Å². The van der Waals surface area contributed by atoms with Gasteiger partial charge in [0, 0.05) is 5.56 Å². The second-order valence-corrected chi connectivity index (χ2v) is 6.73. The SMILES string of the molecule is O=C(CCl)NC(c1ccc2ccccc2c1)c1c(O)ccc2ccccc12. The van der Waals surface area contributed by atoms with Crippen molar-refractivity contribution >= 4 is 39.1 Å². The molecule has 0 spiro atoms. The molecule has 134 valence electrons. The molecule has 0 aliphatic rings. The summed E-state index contributed by atoms with van der Waals surface area (Å²) in [7, 11) is 0. The van der Waals surface area contributed by atoms with Crippen molar-refractivity contribution in [2.75, 3.05) is 5.88 Å². The van der Waals surface area contributed by atoms with Crippen LogP contribution in [0.2, 0.25) is 0 Å². The van der Waals surface area contributed by atoms with Gasteiger partial charge in [0.05, 0.1) is 6.04 Å². The highest BCUT2D eigenvalue weighted by molar-refractivity contribution is 6.27. The molecule has 0 aliphatic carbocycles. The van der Waals surface area contributed by atoms with Crippen LogP contribution in [-0.2, 0) is 4.79 Å². The van der Waals surface area contributed by atoms with Crippen molar-refractivity contribution in [2.45, 2.75) is 6.04 Å². The maximum Gasteiger partial charge on any atom is 0.235 e. The molecule has 0 fully saturated rings. The van der Waals surface area contributed by atoms with Crippen molar-refractivity contribution in [3.8, 4) is 5.75 Å². The van der Waals surface area contributed by atoms with Crippen molar-refractivity contribution in [1.29, 1.82) is 0 Å². The molecule has 4 aromatic carbocycles. The largest absolute Gasteiger partial charge is 0.508 e. The average Bonchev–Trinajstić information content (AvgIpc) is 2.72. The molecule has 4 aromatic rings. The topological polar surface area (TPSA) is 49.3 Å². The predicted molar refractivity (Wildman–Crippen MR) is 110 cm³/mol. The lowest BCUT2D eigenvalue weighted by atomic mass is 9.91. The van der Waals surface area contributed by atoms with Crippen LogP contribution < -0.4 is 5.32 Å². The first-order valence-corrected chi connectivity index (χ1v) is 9.25. The number of alkyl halides is 1. The molecule has 1 unspecified atom stereocenters. The summed E-state index contributed by atoms with van der Waals surface area (Å²) in [6.45, 7) is 0. The molecular weight excluding hydrogens is 358 g/mol. The molecule has 0 radical (unpaired) electrons. The van der Waals surface area contributed by atoms with Crippen LogP contribution >= 0.6 is 11.6 Å². The normalized spacial score (nSPS) is 12.2. The maximum absolute atomic E-state index is 12.2. The number of phenols is 1. The Hall–Kier alpha value is -3.04. The molecule has 0 aromatic heterocycles. The van der Waals surface area contributed by atoms with E-state index in [-0.39, 0.29) is 17.5 Å². The summed E-state index contributed by atoms with van der Waals surface area (Å²) in [5.74, 6) is -0.292. The summed E-state index contributed by atoms with van der Waals surface area (Å²) in [6.07, 6.45) is 0. The second-order valence-electron chi connectivity index (χ2n) is 6.46. The third-order valence-electron chi connectivity index (χ3n) is 4.77. The summed E-state index contributed by atoms with van der Waals surface area (Å²) in [4.78, 5) is 12.2. The van der Waals surface area contributed by atoms with E-state index in [1.165, 1.54) is 0 Å². The molecule has 27 heavy (non-hydrogen) atoms. The van der Waals surface area contributed by atoms with Gasteiger partial charge in [-0.15, -0.1) is 11.6 Å². The lowest BCUT2D eigenvalue weighted by Crippen LogP contribution is -2.30. The van der Waals surface area contributed by atoms with Gasteiger partial charge in [0.15, 0.2) is 0 Å². The molecule has 0 saturated carbocycles. The standard InChI is InChI=1S/C23H18ClNO2/c24-14-21(27)25-23(18-10-9-15-5-1-2-7-17(15)13-18)22-19-8-4-3-6-16(19)11-12-20(22)26/h1-13,23,26H,14H2,(H,25,27). The van der Waals surface area contributed by atoms with Crippen molar-refractivity contribution in [2.24, 2.45) is 0 Å². The highest BCUT2D eigenvalue weighted by Crippen LogP contribution is 2.36. The Kier molecular flexibility index (Phi) is 4.69. The molecule has 4 heteroatoms. The predicted octanol–water partition coefficient (Wildman–Crippen LogP) is 5.14. The summed E-state index contributed by atoms with van der Waals surface area (Å²) < 4.78 is 0. The third-order valence-corrected chi connectivity index (χ3v) is 5.01. The summed E-state index contributed by atoms with van der Waals surface area (Å²) in [5, 5.41) is 17.7. The Morgan fingerprint density at radius 2 is 1.56 bits per heavy atom. The van der Waals surface area contributed by atoms with E-state index in [4.69, 9.17) is 11.6 Å². The van der Waals surface area contributed by atoms with Crippen molar-refractivity contribution in [1.82, 2.24) is 5.32 Å². The fourth-order valence-electron chi connectivity index (χ4n) is 3.50. The zero-order valence-electron chi connectivity index (χ0n) is 14.5. The molecule has 1 atom stereocenters. The number of rotatable bonds is 4. The van der Waals surface area contributed by atoms with E-state index in [1.807, 2.05) is 72.8 Å². The zero-order chi connectivity index (χ0) is 18.8. The van der Waals surface area contributed by atoms with E-state index >= 15 is 0 Å². The van der Waals surface area contributed by atoms with Gasteiger partial charge >= 0.3 is 0 Å². The van der Waals surface area contributed by atoms with Gasteiger partial charge in [-0.3, -0.25) is 4.79 Å². The van der Waals surface area contributed by atoms with Crippen LogP contribution in [0.5, 0.6) is 5.75 Å². The first kappa shape index (κ1) is 17.4. The number of amides is 1.